The maximum atomic E-state index is 13.4. The zero-order valence-electron chi connectivity index (χ0n) is 16.4. The molecule has 0 spiro atoms. The molecular weight excluding hydrogens is 373 g/mol. The summed E-state index contributed by atoms with van der Waals surface area (Å²) in [5, 5.41) is 2.76. The third kappa shape index (κ3) is 4.10. The maximum absolute atomic E-state index is 13.4. The lowest BCUT2D eigenvalue weighted by atomic mass is 10.1. The Kier molecular flexibility index (Phi) is 5.76. The minimum Gasteiger partial charge on any atom is -0.449 e. The second-order valence-corrected chi connectivity index (χ2v) is 7.21. The van der Waals surface area contributed by atoms with Crippen LogP contribution in [0.4, 0.5) is 4.39 Å². The van der Waals surface area contributed by atoms with Crippen LogP contribution < -0.4 is 5.32 Å². The number of furan rings is 1. The van der Waals surface area contributed by atoms with Gasteiger partial charge in [0.25, 0.3) is 5.91 Å². The topological polar surface area (TPSA) is 69.3 Å². The number of amides is 1. The van der Waals surface area contributed by atoms with E-state index in [1.54, 1.807) is 31.4 Å². The number of carbonyl (C=O) groups excluding carboxylic acids is 1. The minimum absolute atomic E-state index is 0.236. The average molecular weight is 397 g/mol. The van der Waals surface area contributed by atoms with Crippen molar-refractivity contribution in [2.75, 3.05) is 20.3 Å². The summed E-state index contributed by atoms with van der Waals surface area (Å²) in [4.78, 5) is 16.9. The van der Waals surface area contributed by atoms with Gasteiger partial charge in [-0.25, -0.2) is 9.37 Å². The molecule has 0 atom stereocenters. The molecule has 1 aliphatic carbocycles. The van der Waals surface area contributed by atoms with E-state index in [-0.39, 0.29) is 17.5 Å². The number of nitrogens with one attached hydrogen (secondary N) is 1. The summed E-state index contributed by atoms with van der Waals surface area (Å²) in [5.74, 6) is 0.230. The highest BCUT2D eigenvalue weighted by Gasteiger charge is 2.25. The summed E-state index contributed by atoms with van der Waals surface area (Å²) in [6, 6.07) is 10.1. The highest BCUT2D eigenvalue weighted by atomic mass is 19.1. The molecule has 0 radical (unpaired) electrons. The Morgan fingerprint density at radius 3 is 2.72 bits per heavy atom. The molecule has 1 saturated carbocycles. The maximum Gasteiger partial charge on any atom is 0.287 e. The zero-order chi connectivity index (χ0) is 20.2. The van der Waals surface area contributed by atoms with E-state index in [0.717, 1.165) is 29.8 Å². The van der Waals surface area contributed by atoms with Crippen LogP contribution >= 0.6 is 0 Å². The summed E-state index contributed by atoms with van der Waals surface area (Å²) >= 11 is 0. The molecule has 6 nitrogen and oxygen atoms in total. The van der Waals surface area contributed by atoms with Crippen LogP contribution in [0.15, 0.2) is 47.1 Å². The van der Waals surface area contributed by atoms with Crippen molar-refractivity contribution in [3.05, 3.63) is 54.3 Å². The molecule has 152 valence electrons. The van der Waals surface area contributed by atoms with Crippen LogP contribution in [0.1, 0.15) is 42.3 Å². The van der Waals surface area contributed by atoms with Crippen molar-refractivity contribution in [3.63, 3.8) is 0 Å². The highest BCUT2D eigenvalue weighted by Crippen LogP contribution is 2.38. The number of halogens is 1. The van der Waals surface area contributed by atoms with Crippen molar-refractivity contribution in [1.29, 1.82) is 0 Å². The summed E-state index contributed by atoms with van der Waals surface area (Å²) in [5.41, 5.74) is 2.35. The Balaban J connectivity index is 1.70. The number of methoxy groups -OCH3 is 1. The molecule has 2 heterocycles. The van der Waals surface area contributed by atoms with Gasteiger partial charge >= 0.3 is 0 Å². The molecule has 0 bridgehead atoms. The number of benzene rings is 1. The van der Waals surface area contributed by atoms with Gasteiger partial charge in [0.15, 0.2) is 11.5 Å². The first kappa shape index (κ1) is 19.4. The Morgan fingerprint density at radius 2 is 2.00 bits per heavy atom. The molecule has 1 aromatic carbocycles. The molecule has 1 fully saturated rings. The second-order valence-electron chi connectivity index (χ2n) is 7.21. The standard InChI is InChI=1S/C22H24FN3O3/c1-28-13-12-24-22(27)19-11-10-18(29-19)21-20(15-6-8-16(23)9-7-15)25-14-26(21)17-4-2-3-5-17/h6-11,14,17H,2-5,12-13H2,1H3,(H,24,27). The lowest BCUT2D eigenvalue weighted by molar-refractivity contribution is 0.0910. The van der Waals surface area contributed by atoms with E-state index in [1.165, 1.54) is 25.0 Å². The van der Waals surface area contributed by atoms with Crippen molar-refractivity contribution >= 4 is 5.91 Å². The van der Waals surface area contributed by atoms with Gasteiger partial charge in [-0.15, -0.1) is 0 Å². The van der Waals surface area contributed by atoms with E-state index >= 15 is 0 Å². The number of imidazole rings is 1. The first-order valence-electron chi connectivity index (χ1n) is 9.87. The van der Waals surface area contributed by atoms with Crippen LogP contribution in [0.25, 0.3) is 22.7 Å². The Bertz CT molecular complexity index is 972. The molecule has 3 aromatic rings. The normalized spacial score (nSPS) is 14.4. The Morgan fingerprint density at radius 1 is 1.24 bits per heavy atom. The molecule has 0 aliphatic heterocycles. The number of ether oxygens (including phenoxy) is 1. The summed E-state index contributed by atoms with van der Waals surface area (Å²) < 4.78 is 26.4. The largest absolute Gasteiger partial charge is 0.449 e. The highest BCUT2D eigenvalue weighted by molar-refractivity contribution is 5.92. The predicted molar refractivity (Wildman–Crippen MR) is 107 cm³/mol. The SMILES string of the molecule is COCCNC(=O)c1ccc(-c2c(-c3ccc(F)cc3)ncn2C2CCCC2)o1. The van der Waals surface area contributed by atoms with Crippen LogP contribution in [0.5, 0.6) is 0 Å². The third-order valence-corrected chi connectivity index (χ3v) is 5.28. The fourth-order valence-electron chi connectivity index (χ4n) is 3.82. The number of aromatic nitrogens is 2. The van der Waals surface area contributed by atoms with Crippen molar-refractivity contribution in [1.82, 2.24) is 14.9 Å². The molecule has 1 N–H and O–H groups in total. The van der Waals surface area contributed by atoms with E-state index in [2.05, 4.69) is 14.9 Å². The number of hydrogen-bond acceptors (Lipinski definition) is 4. The third-order valence-electron chi connectivity index (χ3n) is 5.28. The monoisotopic (exact) mass is 397 g/mol. The van der Waals surface area contributed by atoms with Gasteiger partial charge in [-0.05, 0) is 49.2 Å². The summed E-state index contributed by atoms with van der Waals surface area (Å²) in [6.07, 6.45) is 6.35. The molecule has 2 aromatic heterocycles. The number of rotatable bonds is 7. The quantitative estimate of drug-likeness (QED) is 0.599. The van der Waals surface area contributed by atoms with Gasteiger partial charge < -0.3 is 19.0 Å². The number of hydrogen-bond donors (Lipinski definition) is 1. The molecule has 0 saturated heterocycles. The number of nitrogens with zero attached hydrogens (tertiary/aromatic N) is 2. The Labute approximate surface area is 168 Å². The fraction of sp³-hybridized carbons (Fsp3) is 0.364. The van der Waals surface area contributed by atoms with Gasteiger partial charge in [-0.3, -0.25) is 4.79 Å². The van der Waals surface area contributed by atoms with Gasteiger partial charge in [0.05, 0.1) is 18.6 Å². The lowest BCUT2D eigenvalue weighted by Gasteiger charge is -2.15. The zero-order valence-corrected chi connectivity index (χ0v) is 16.4. The second kappa shape index (κ2) is 8.61. The molecule has 0 unspecified atom stereocenters. The minimum atomic E-state index is -0.293. The van der Waals surface area contributed by atoms with E-state index in [0.29, 0.717) is 25.0 Å². The summed E-state index contributed by atoms with van der Waals surface area (Å²) in [7, 11) is 1.58. The van der Waals surface area contributed by atoms with Crippen molar-refractivity contribution in [2.45, 2.75) is 31.7 Å². The molecular formula is C22H24FN3O3. The predicted octanol–water partition coefficient (Wildman–Crippen LogP) is 4.44. The van der Waals surface area contributed by atoms with E-state index in [1.807, 2.05) is 6.33 Å². The van der Waals surface area contributed by atoms with Crippen molar-refractivity contribution in [3.8, 4) is 22.7 Å². The summed E-state index contributed by atoms with van der Waals surface area (Å²) in [6.45, 7) is 0.842. The number of carbonyl (C=O) groups is 1. The Hall–Kier alpha value is -2.93. The van der Waals surface area contributed by atoms with Gasteiger partial charge in [0.1, 0.15) is 11.5 Å². The van der Waals surface area contributed by atoms with Crippen molar-refractivity contribution in [2.24, 2.45) is 0 Å². The van der Waals surface area contributed by atoms with Crippen molar-refractivity contribution < 1.29 is 18.3 Å². The molecule has 4 rings (SSSR count). The lowest BCUT2D eigenvalue weighted by Crippen LogP contribution is -2.26. The first-order chi connectivity index (χ1) is 14.2. The van der Waals surface area contributed by atoms with Crippen LogP contribution in [0, 0.1) is 5.82 Å². The van der Waals surface area contributed by atoms with Crippen LogP contribution in [-0.2, 0) is 4.74 Å². The average Bonchev–Trinajstić information content (AvgIpc) is 3.47. The van der Waals surface area contributed by atoms with Gasteiger partial charge in [-0.2, -0.15) is 0 Å². The van der Waals surface area contributed by atoms with Crippen LogP contribution in [0.3, 0.4) is 0 Å². The van der Waals surface area contributed by atoms with E-state index < -0.39 is 0 Å². The smallest absolute Gasteiger partial charge is 0.287 e. The van der Waals surface area contributed by atoms with Gasteiger partial charge in [-0.1, -0.05) is 12.8 Å². The van der Waals surface area contributed by atoms with Crippen LogP contribution in [-0.4, -0.2) is 35.7 Å². The first-order valence-corrected chi connectivity index (χ1v) is 9.87. The van der Waals surface area contributed by atoms with E-state index in [4.69, 9.17) is 9.15 Å². The molecule has 7 heteroatoms. The van der Waals surface area contributed by atoms with Crippen LogP contribution in [0.2, 0.25) is 0 Å². The van der Waals surface area contributed by atoms with E-state index in [9.17, 15) is 9.18 Å². The molecule has 1 aliphatic rings. The molecule has 29 heavy (non-hydrogen) atoms. The molecule has 1 amide bonds. The van der Waals surface area contributed by atoms with Gasteiger partial charge in [0, 0.05) is 25.3 Å². The van der Waals surface area contributed by atoms with Gasteiger partial charge in [0.2, 0.25) is 0 Å². The fourth-order valence-corrected chi connectivity index (χ4v) is 3.82.